The van der Waals surface area contributed by atoms with Crippen molar-refractivity contribution in [3.05, 3.63) is 53.9 Å². The molecule has 1 fully saturated rings. The van der Waals surface area contributed by atoms with Gasteiger partial charge >= 0.3 is 0 Å². The number of nitrogens with one attached hydrogen (secondary N) is 1. The van der Waals surface area contributed by atoms with Gasteiger partial charge in [-0.05, 0) is 38.0 Å². The van der Waals surface area contributed by atoms with Crippen LogP contribution in [0, 0.1) is 6.92 Å². The van der Waals surface area contributed by atoms with Gasteiger partial charge in [0.1, 0.15) is 0 Å². The van der Waals surface area contributed by atoms with E-state index in [4.69, 9.17) is 4.98 Å². The van der Waals surface area contributed by atoms with E-state index in [0.717, 1.165) is 23.6 Å². The lowest BCUT2D eigenvalue weighted by Crippen LogP contribution is -2.17. The maximum absolute atomic E-state index is 4.82. The molecule has 0 atom stereocenters. The van der Waals surface area contributed by atoms with Crippen molar-refractivity contribution in [1.82, 2.24) is 20.1 Å². The molecule has 1 N–H and O–H groups in total. The number of fused-ring (bicyclic) bond motifs is 1. The SMILES string of the molecule is Cc1ccn(-c2nc3ccccc3cc2CNC2CC2)n1. The number of aryl methyl sites for hydroxylation is 1. The summed E-state index contributed by atoms with van der Waals surface area (Å²) < 4.78 is 1.88. The summed E-state index contributed by atoms with van der Waals surface area (Å²) in [4.78, 5) is 4.82. The molecule has 3 aromatic rings. The normalized spacial score (nSPS) is 14.7. The maximum atomic E-state index is 4.82. The zero-order valence-electron chi connectivity index (χ0n) is 12.1. The van der Waals surface area contributed by atoms with Gasteiger partial charge in [0.25, 0.3) is 0 Å². The zero-order valence-corrected chi connectivity index (χ0v) is 12.1. The Kier molecular flexibility index (Phi) is 2.97. The second kappa shape index (κ2) is 4.97. The molecular formula is C17H18N4. The topological polar surface area (TPSA) is 42.7 Å². The van der Waals surface area contributed by atoms with Gasteiger partial charge in [-0.1, -0.05) is 18.2 Å². The van der Waals surface area contributed by atoms with Gasteiger partial charge in [-0.15, -0.1) is 0 Å². The van der Waals surface area contributed by atoms with Gasteiger partial charge in [0, 0.05) is 29.7 Å². The quantitative estimate of drug-likeness (QED) is 0.798. The summed E-state index contributed by atoms with van der Waals surface area (Å²) in [6, 6.07) is 13.2. The fourth-order valence-electron chi connectivity index (χ4n) is 2.55. The fourth-order valence-corrected chi connectivity index (χ4v) is 2.55. The van der Waals surface area contributed by atoms with Crippen LogP contribution in [0.4, 0.5) is 0 Å². The first-order valence-corrected chi connectivity index (χ1v) is 7.44. The summed E-state index contributed by atoms with van der Waals surface area (Å²) in [6.07, 6.45) is 4.56. The van der Waals surface area contributed by atoms with E-state index in [2.05, 4.69) is 28.6 Å². The molecule has 1 aliphatic carbocycles. The fraction of sp³-hybridized carbons (Fsp3) is 0.294. The minimum absolute atomic E-state index is 0.684. The van der Waals surface area contributed by atoms with Crippen LogP contribution in [-0.4, -0.2) is 20.8 Å². The van der Waals surface area contributed by atoms with Crippen molar-refractivity contribution >= 4 is 10.9 Å². The van der Waals surface area contributed by atoms with Gasteiger partial charge in [-0.25, -0.2) is 9.67 Å². The Morgan fingerprint density at radius 3 is 2.86 bits per heavy atom. The van der Waals surface area contributed by atoms with Gasteiger partial charge in [0.05, 0.1) is 11.2 Å². The molecule has 4 heteroatoms. The van der Waals surface area contributed by atoms with E-state index in [0.29, 0.717) is 6.04 Å². The van der Waals surface area contributed by atoms with E-state index in [1.165, 1.54) is 23.8 Å². The van der Waals surface area contributed by atoms with Gasteiger partial charge in [0.2, 0.25) is 0 Å². The first-order chi connectivity index (χ1) is 10.3. The number of rotatable bonds is 4. The minimum atomic E-state index is 0.684. The first kappa shape index (κ1) is 12.5. The molecule has 0 spiro atoms. The molecule has 2 heterocycles. The van der Waals surface area contributed by atoms with Crippen LogP contribution in [0.25, 0.3) is 16.7 Å². The molecule has 1 saturated carbocycles. The highest BCUT2D eigenvalue weighted by molar-refractivity contribution is 5.80. The van der Waals surface area contributed by atoms with E-state index in [-0.39, 0.29) is 0 Å². The lowest BCUT2D eigenvalue weighted by Gasteiger charge is -2.11. The van der Waals surface area contributed by atoms with Gasteiger partial charge in [-0.3, -0.25) is 0 Å². The number of benzene rings is 1. The Balaban J connectivity index is 1.81. The molecule has 0 saturated heterocycles. The lowest BCUT2D eigenvalue weighted by molar-refractivity contribution is 0.677. The minimum Gasteiger partial charge on any atom is -0.310 e. The Bertz CT molecular complexity index is 786. The molecule has 0 unspecified atom stereocenters. The van der Waals surface area contributed by atoms with Crippen LogP contribution in [0.3, 0.4) is 0 Å². The molecule has 4 rings (SSSR count). The lowest BCUT2D eigenvalue weighted by atomic mass is 10.1. The van der Waals surface area contributed by atoms with Crippen LogP contribution in [0.5, 0.6) is 0 Å². The Morgan fingerprint density at radius 1 is 1.24 bits per heavy atom. The van der Waals surface area contributed by atoms with Crippen molar-refractivity contribution in [3.8, 4) is 5.82 Å². The van der Waals surface area contributed by atoms with Crippen molar-refractivity contribution in [2.45, 2.75) is 32.4 Å². The molecule has 0 radical (unpaired) electrons. The highest BCUT2D eigenvalue weighted by Gasteiger charge is 2.21. The van der Waals surface area contributed by atoms with Crippen molar-refractivity contribution in [3.63, 3.8) is 0 Å². The van der Waals surface area contributed by atoms with Crippen molar-refractivity contribution < 1.29 is 0 Å². The van der Waals surface area contributed by atoms with Crippen molar-refractivity contribution in [2.75, 3.05) is 0 Å². The first-order valence-electron chi connectivity index (χ1n) is 7.44. The predicted molar refractivity (Wildman–Crippen MR) is 83.5 cm³/mol. The van der Waals surface area contributed by atoms with Crippen LogP contribution < -0.4 is 5.32 Å². The predicted octanol–water partition coefficient (Wildman–Crippen LogP) is 2.98. The van der Waals surface area contributed by atoms with Crippen LogP contribution in [0.2, 0.25) is 0 Å². The molecule has 21 heavy (non-hydrogen) atoms. The molecule has 2 aromatic heterocycles. The number of hydrogen-bond acceptors (Lipinski definition) is 3. The van der Waals surface area contributed by atoms with E-state index in [9.17, 15) is 0 Å². The molecule has 0 amide bonds. The third-order valence-corrected chi connectivity index (χ3v) is 3.88. The highest BCUT2D eigenvalue weighted by atomic mass is 15.3. The van der Waals surface area contributed by atoms with Crippen LogP contribution in [0.1, 0.15) is 24.1 Å². The van der Waals surface area contributed by atoms with Crippen molar-refractivity contribution in [1.29, 1.82) is 0 Å². The number of pyridine rings is 1. The second-order valence-corrected chi connectivity index (χ2v) is 5.72. The third kappa shape index (κ3) is 2.54. The van der Waals surface area contributed by atoms with Gasteiger partial charge in [-0.2, -0.15) is 5.10 Å². The molecular weight excluding hydrogens is 260 g/mol. The average Bonchev–Trinajstić information content (AvgIpc) is 3.24. The van der Waals surface area contributed by atoms with E-state index in [1.807, 2.05) is 36.0 Å². The van der Waals surface area contributed by atoms with Crippen LogP contribution >= 0.6 is 0 Å². The number of para-hydroxylation sites is 1. The Hall–Kier alpha value is -2.20. The van der Waals surface area contributed by atoms with E-state index < -0.39 is 0 Å². The Labute approximate surface area is 123 Å². The standard InChI is InChI=1S/C17H18N4/c1-12-8-9-21(20-12)17-14(11-18-15-6-7-15)10-13-4-2-3-5-16(13)19-17/h2-5,8-10,15,18H,6-7,11H2,1H3. The summed E-state index contributed by atoms with van der Waals surface area (Å²) in [7, 11) is 0. The number of aromatic nitrogens is 3. The zero-order chi connectivity index (χ0) is 14.2. The molecule has 4 nitrogen and oxygen atoms in total. The smallest absolute Gasteiger partial charge is 0.158 e. The van der Waals surface area contributed by atoms with Crippen LogP contribution in [0.15, 0.2) is 42.6 Å². The highest BCUT2D eigenvalue weighted by Crippen LogP contribution is 2.23. The summed E-state index contributed by atoms with van der Waals surface area (Å²) in [6.45, 7) is 2.84. The van der Waals surface area contributed by atoms with E-state index >= 15 is 0 Å². The number of nitrogens with zero attached hydrogens (tertiary/aromatic N) is 3. The summed E-state index contributed by atoms with van der Waals surface area (Å²) >= 11 is 0. The largest absolute Gasteiger partial charge is 0.310 e. The Morgan fingerprint density at radius 2 is 2.10 bits per heavy atom. The van der Waals surface area contributed by atoms with E-state index in [1.54, 1.807) is 0 Å². The van der Waals surface area contributed by atoms with Gasteiger partial charge < -0.3 is 5.32 Å². The van der Waals surface area contributed by atoms with Crippen LogP contribution in [-0.2, 0) is 6.54 Å². The van der Waals surface area contributed by atoms with Crippen molar-refractivity contribution in [2.24, 2.45) is 0 Å². The monoisotopic (exact) mass is 278 g/mol. The molecule has 106 valence electrons. The molecule has 0 bridgehead atoms. The summed E-state index contributed by atoms with van der Waals surface area (Å²) in [5.74, 6) is 0.926. The summed E-state index contributed by atoms with van der Waals surface area (Å²) in [5.41, 5.74) is 3.21. The maximum Gasteiger partial charge on any atom is 0.158 e. The van der Waals surface area contributed by atoms with Gasteiger partial charge in [0.15, 0.2) is 5.82 Å². The second-order valence-electron chi connectivity index (χ2n) is 5.72. The average molecular weight is 278 g/mol. The number of hydrogen-bond donors (Lipinski definition) is 1. The molecule has 1 aliphatic rings. The molecule has 1 aromatic carbocycles. The summed E-state index contributed by atoms with van der Waals surface area (Å²) in [5, 5.41) is 9.27. The molecule has 0 aliphatic heterocycles. The third-order valence-electron chi connectivity index (χ3n) is 3.88.